The minimum atomic E-state index is 0.664. The van der Waals surface area contributed by atoms with Gasteiger partial charge in [-0.05, 0) is 33.2 Å². The molecule has 1 saturated heterocycles. The molecule has 2 unspecified atom stereocenters. The highest BCUT2D eigenvalue weighted by Crippen LogP contribution is 2.07. The number of nitrogens with one attached hydrogen (secondary N) is 1. The van der Waals surface area contributed by atoms with Gasteiger partial charge >= 0.3 is 0 Å². The van der Waals surface area contributed by atoms with Crippen LogP contribution in [0.15, 0.2) is 0 Å². The monoisotopic (exact) mass is 200 g/mol. The van der Waals surface area contributed by atoms with Crippen LogP contribution in [0.3, 0.4) is 0 Å². The molecule has 1 fully saturated rings. The molecule has 1 N–H and O–H groups in total. The Bertz CT molecular complexity index is 152. The van der Waals surface area contributed by atoms with Crippen LogP contribution in [0.2, 0.25) is 0 Å². The predicted octanol–water partition coefficient (Wildman–Crippen LogP) is 1.10. The Labute approximate surface area is 87.8 Å². The van der Waals surface area contributed by atoms with Crippen molar-refractivity contribution in [1.82, 2.24) is 10.2 Å². The van der Waals surface area contributed by atoms with Crippen LogP contribution >= 0.6 is 0 Å². The van der Waals surface area contributed by atoms with E-state index in [9.17, 15) is 0 Å². The zero-order valence-electron chi connectivity index (χ0n) is 9.75. The average molecular weight is 200 g/mol. The molecule has 0 saturated carbocycles. The molecule has 0 spiro atoms. The summed E-state index contributed by atoms with van der Waals surface area (Å²) in [6.07, 6.45) is 2.41. The van der Waals surface area contributed by atoms with Gasteiger partial charge in [-0.25, -0.2) is 0 Å². The SMILES string of the molecule is COCCCN1CCC(C)NCC1C. The van der Waals surface area contributed by atoms with Crippen LogP contribution in [0.25, 0.3) is 0 Å². The molecule has 14 heavy (non-hydrogen) atoms. The van der Waals surface area contributed by atoms with E-state index in [2.05, 4.69) is 24.1 Å². The summed E-state index contributed by atoms with van der Waals surface area (Å²) in [5.41, 5.74) is 0. The maximum absolute atomic E-state index is 5.08. The summed E-state index contributed by atoms with van der Waals surface area (Å²) in [6.45, 7) is 8.96. The van der Waals surface area contributed by atoms with Crippen molar-refractivity contribution < 1.29 is 4.74 Å². The summed E-state index contributed by atoms with van der Waals surface area (Å²) in [6, 6.07) is 1.33. The fourth-order valence-corrected chi connectivity index (χ4v) is 1.93. The number of methoxy groups -OCH3 is 1. The van der Waals surface area contributed by atoms with Gasteiger partial charge in [-0.3, -0.25) is 4.90 Å². The second-order valence-electron chi connectivity index (χ2n) is 4.33. The summed E-state index contributed by atoms with van der Waals surface area (Å²) in [7, 11) is 1.77. The molecule has 3 nitrogen and oxygen atoms in total. The second-order valence-corrected chi connectivity index (χ2v) is 4.33. The molecular weight excluding hydrogens is 176 g/mol. The first-order valence-corrected chi connectivity index (χ1v) is 5.70. The molecular formula is C11H24N2O. The van der Waals surface area contributed by atoms with Crippen LogP contribution in [0.5, 0.6) is 0 Å². The third-order valence-electron chi connectivity index (χ3n) is 3.03. The first-order valence-electron chi connectivity index (χ1n) is 5.70. The van der Waals surface area contributed by atoms with Crippen LogP contribution in [0, 0.1) is 0 Å². The van der Waals surface area contributed by atoms with Crippen molar-refractivity contribution in [1.29, 1.82) is 0 Å². The fourth-order valence-electron chi connectivity index (χ4n) is 1.93. The standard InChI is InChI=1S/C11H24N2O/c1-10-5-7-13(6-4-8-14-3)11(2)9-12-10/h10-12H,4-9H2,1-3H3. The molecule has 0 aliphatic carbocycles. The van der Waals surface area contributed by atoms with Gasteiger partial charge in [0.05, 0.1) is 0 Å². The minimum absolute atomic E-state index is 0.664. The number of hydrogen-bond donors (Lipinski definition) is 1. The van der Waals surface area contributed by atoms with E-state index >= 15 is 0 Å². The molecule has 0 aromatic carbocycles. The molecule has 0 aromatic heterocycles. The third kappa shape index (κ3) is 3.95. The molecule has 1 rings (SSSR count). The van der Waals surface area contributed by atoms with Gasteiger partial charge in [0.15, 0.2) is 0 Å². The van der Waals surface area contributed by atoms with E-state index in [0.29, 0.717) is 12.1 Å². The molecule has 0 amide bonds. The highest BCUT2D eigenvalue weighted by molar-refractivity contribution is 4.77. The first-order chi connectivity index (χ1) is 6.74. The van der Waals surface area contributed by atoms with Gasteiger partial charge in [-0.15, -0.1) is 0 Å². The first kappa shape index (κ1) is 12.0. The molecule has 3 heteroatoms. The van der Waals surface area contributed by atoms with Crippen LogP contribution in [-0.4, -0.2) is 50.3 Å². The Morgan fingerprint density at radius 1 is 1.43 bits per heavy atom. The molecule has 84 valence electrons. The molecule has 1 aliphatic rings. The van der Waals surface area contributed by atoms with E-state index in [1.165, 1.54) is 19.5 Å². The maximum Gasteiger partial charge on any atom is 0.0474 e. The van der Waals surface area contributed by atoms with Crippen molar-refractivity contribution in [2.45, 2.75) is 38.8 Å². The van der Waals surface area contributed by atoms with Gasteiger partial charge in [-0.1, -0.05) is 0 Å². The lowest BCUT2D eigenvalue weighted by Gasteiger charge is -2.26. The zero-order valence-corrected chi connectivity index (χ0v) is 9.75. The van der Waals surface area contributed by atoms with Crippen LogP contribution in [0.4, 0.5) is 0 Å². The average Bonchev–Trinajstić information content (AvgIpc) is 2.33. The Kier molecular flexibility index (Phi) is 5.45. The number of nitrogens with zero attached hydrogens (tertiary/aromatic N) is 1. The van der Waals surface area contributed by atoms with E-state index in [-0.39, 0.29) is 0 Å². The van der Waals surface area contributed by atoms with Crippen molar-refractivity contribution in [2.75, 3.05) is 33.4 Å². The van der Waals surface area contributed by atoms with E-state index < -0.39 is 0 Å². The summed E-state index contributed by atoms with van der Waals surface area (Å²) in [5.74, 6) is 0. The molecule has 0 radical (unpaired) electrons. The number of rotatable bonds is 4. The fraction of sp³-hybridized carbons (Fsp3) is 1.00. The molecule has 2 atom stereocenters. The van der Waals surface area contributed by atoms with Crippen molar-refractivity contribution in [3.63, 3.8) is 0 Å². The summed E-state index contributed by atoms with van der Waals surface area (Å²) >= 11 is 0. The largest absolute Gasteiger partial charge is 0.385 e. The lowest BCUT2D eigenvalue weighted by atomic mass is 10.2. The highest BCUT2D eigenvalue weighted by Gasteiger charge is 2.18. The van der Waals surface area contributed by atoms with Gasteiger partial charge in [-0.2, -0.15) is 0 Å². The van der Waals surface area contributed by atoms with Gasteiger partial charge in [0.1, 0.15) is 0 Å². The van der Waals surface area contributed by atoms with E-state index in [1.807, 2.05) is 0 Å². The second kappa shape index (κ2) is 6.38. The van der Waals surface area contributed by atoms with E-state index in [0.717, 1.165) is 19.6 Å². The van der Waals surface area contributed by atoms with Crippen LogP contribution in [-0.2, 0) is 4.74 Å². The molecule has 0 bridgehead atoms. The maximum atomic E-state index is 5.08. The highest BCUT2D eigenvalue weighted by atomic mass is 16.5. The van der Waals surface area contributed by atoms with Gasteiger partial charge in [0.2, 0.25) is 0 Å². The van der Waals surface area contributed by atoms with Gasteiger partial charge in [0, 0.05) is 38.9 Å². The summed E-state index contributed by atoms with van der Waals surface area (Å²) in [5, 5.41) is 3.54. The number of hydrogen-bond acceptors (Lipinski definition) is 3. The predicted molar refractivity (Wildman–Crippen MR) is 59.6 cm³/mol. The quantitative estimate of drug-likeness (QED) is 0.688. The lowest BCUT2D eigenvalue weighted by Crippen LogP contribution is -2.38. The van der Waals surface area contributed by atoms with E-state index in [1.54, 1.807) is 7.11 Å². The van der Waals surface area contributed by atoms with Crippen molar-refractivity contribution in [3.05, 3.63) is 0 Å². The van der Waals surface area contributed by atoms with Gasteiger partial charge in [0.25, 0.3) is 0 Å². The van der Waals surface area contributed by atoms with Crippen molar-refractivity contribution >= 4 is 0 Å². The molecule has 1 aliphatic heterocycles. The minimum Gasteiger partial charge on any atom is -0.385 e. The molecule has 1 heterocycles. The Balaban J connectivity index is 2.26. The topological polar surface area (TPSA) is 24.5 Å². The number of ether oxygens (including phenoxy) is 1. The van der Waals surface area contributed by atoms with Gasteiger partial charge < -0.3 is 10.1 Å². The van der Waals surface area contributed by atoms with Crippen LogP contribution < -0.4 is 5.32 Å². The zero-order chi connectivity index (χ0) is 10.4. The van der Waals surface area contributed by atoms with E-state index in [4.69, 9.17) is 4.74 Å². The summed E-state index contributed by atoms with van der Waals surface area (Å²) < 4.78 is 5.08. The third-order valence-corrected chi connectivity index (χ3v) is 3.03. The lowest BCUT2D eigenvalue weighted by molar-refractivity contribution is 0.158. The normalized spacial score (nSPS) is 30.2. The molecule has 0 aromatic rings. The Hall–Kier alpha value is -0.120. The summed E-state index contributed by atoms with van der Waals surface area (Å²) in [4.78, 5) is 2.56. The van der Waals surface area contributed by atoms with Crippen molar-refractivity contribution in [2.24, 2.45) is 0 Å². The Morgan fingerprint density at radius 2 is 2.21 bits per heavy atom. The Morgan fingerprint density at radius 3 is 2.93 bits per heavy atom. The smallest absolute Gasteiger partial charge is 0.0474 e. The van der Waals surface area contributed by atoms with Crippen LogP contribution in [0.1, 0.15) is 26.7 Å². The van der Waals surface area contributed by atoms with Crippen molar-refractivity contribution in [3.8, 4) is 0 Å².